The summed E-state index contributed by atoms with van der Waals surface area (Å²) in [6.45, 7) is 6.76. The number of benzene rings is 1. The topological polar surface area (TPSA) is 89.3 Å². The molecule has 22 heavy (non-hydrogen) atoms. The average molecular weight is 322 g/mol. The number of carbonyl (C=O) groups excluding carboxylic acids is 1. The van der Waals surface area contributed by atoms with Crippen LogP contribution in [0.1, 0.15) is 27.2 Å². The van der Waals surface area contributed by atoms with E-state index in [1.807, 2.05) is 32.9 Å². The van der Waals surface area contributed by atoms with Gasteiger partial charge in [-0.3, -0.25) is 0 Å². The molecular formula is C15H22N4O2S. The van der Waals surface area contributed by atoms with E-state index in [-0.39, 0.29) is 0 Å². The van der Waals surface area contributed by atoms with Crippen LogP contribution in [0.25, 0.3) is 10.2 Å². The summed E-state index contributed by atoms with van der Waals surface area (Å²) in [5.74, 6) is 0. The van der Waals surface area contributed by atoms with Crippen LogP contribution < -0.4 is 16.4 Å². The Morgan fingerprint density at radius 1 is 1.36 bits per heavy atom. The van der Waals surface area contributed by atoms with Crippen molar-refractivity contribution < 1.29 is 9.53 Å². The van der Waals surface area contributed by atoms with Crippen molar-refractivity contribution in [1.29, 1.82) is 0 Å². The van der Waals surface area contributed by atoms with E-state index in [9.17, 15) is 4.79 Å². The number of amides is 1. The number of nitrogens with two attached hydrogens (primary N) is 1. The van der Waals surface area contributed by atoms with Gasteiger partial charge < -0.3 is 21.1 Å². The predicted octanol–water partition coefficient (Wildman–Crippen LogP) is 3.21. The molecule has 4 N–H and O–H groups in total. The van der Waals surface area contributed by atoms with E-state index >= 15 is 0 Å². The molecule has 0 unspecified atom stereocenters. The fourth-order valence-corrected chi connectivity index (χ4v) is 2.61. The molecule has 6 nitrogen and oxygen atoms in total. The molecule has 0 saturated carbocycles. The first-order valence-corrected chi connectivity index (χ1v) is 8.07. The number of hydrogen-bond donors (Lipinski definition) is 3. The van der Waals surface area contributed by atoms with Gasteiger partial charge in [0.25, 0.3) is 0 Å². The minimum atomic E-state index is -0.472. The fraction of sp³-hybridized carbons (Fsp3) is 0.467. The second-order valence-corrected chi connectivity index (χ2v) is 6.82. The molecule has 1 heterocycles. The third-order valence-corrected chi connectivity index (χ3v) is 3.67. The van der Waals surface area contributed by atoms with Crippen LogP contribution in [0.3, 0.4) is 0 Å². The Balaban J connectivity index is 1.74. The van der Waals surface area contributed by atoms with Crippen LogP contribution in [0, 0.1) is 0 Å². The molecule has 2 rings (SSSR count). The molecule has 1 aromatic carbocycles. The van der Waals surface area contributed by atoms with Gasteiger partial charge >= 0.3 is 6.09 Å². The number of ether oxygens (including phenoxy) is 1. The number of aromatic nitrogens is 1. The zero-order valence-electron chi connectivity index (χ0n) is 13.1. The van der Waals surface area contributed by atoms with E-state index < -0.39 is 11.7 Å². The Bertz CT molecular complexity index is 649. The van der Waals surface area contributed by atoms with E-state index in [0.29, 0.717) is 18.8 Å². The molecule has 0 aliphatic heterocycles. The highest BCUT2D eigenvalue weighted by atomic mass is 32.1. The van der Waals surface area contributed by atoms with Gasteiger partial charge in [-0.2, -0.15) is 0 Å². The van der Waals surface area contributed by atoms with Crippen LogP contribution in [-0.4, -0.2) is 29.8 Å². The number of carbonyl (C=O) groups is 1. The molecule has 0 bridgehead atoms. The number of fused-ring (bicyclic) bond motifs is 1. The molecule has 7 heteroatoms. The Kier molecular flexibility index (Phi) is 5.07. The number of rotatable bonds is 5. The Labute approximate surface area is 134 Å². The van der Waals surface area contributed by atoms with Gasteiger partial charge in [0.2, 0.25) is 0 Å². The van der Waals surface area contributed by atoms with Gasteiger partial charge in [-0.15, -0.1) is 11.3 Å². The van der Waals surface area contributed by atoms with Crippen molar-refractivity contribution in [1.82, 2.24) is 10.3 Å². The summed E-state index contributed by atoms with van der Waals surface area (Å²) >= 11 is 1.57. The minimum Gasteiger partial charge on any atom is -0.444 e. The highest BCUT2D eigenvalue weighted by molar-refractivity contribution is 7.16. The van der Waals surface area contributed by atoms with Gasteiger partial charge in [0, 0.05) is 13.1 Å². The van der Waals surface area contributed by atoms with Crippen LogP contribution in [0.15, 0.2) is 17.6 Å². The molecule has 0 spiro atoms. The monoisotopic (exact) mass is 322 g/mol. The summed E-state index contributed by atoms with van der Waals surface area (Å²) in [5, 5.41) is 5.99. The SMILES string of the molecule is CC(C)(C)OC(=O)NCCCNc1ccc2scnc2c1N. The molecule has 0 aliphatic rings. The number of alkyl carbamates (subject to hydrolysis) is 1. The van der Waals surface area contributed by atoms with Crippen LogP contribution in [0.2, 0.25) is 0 Å². The lowest BCUT2D eigenvalue weighted by Gasteiger charge is -2.19. The Hall–Kier alpha value is -2.02. The van der Waals surface area contributed by atoms with E-state index in [1.165, 1.54) is 0 Å². The number of hydrogen-bond acceptors (Lipinski definition) is 6. The zero-order valence-corrected chi connectivity index (χ0v) is 13.9. The van der Waals surface area contributed by atoms with E-state index in [1.54, 1.807) is 16.8 Å². The first kappa shape index (κ1) is 16.4. The average Bonchev–Trinajstić information content (AvgIpc) is 2.88. The summed E-state index contributed by atoms with van der Waals surface area (Å²) in [6, 6.07) is 3.96. The predicted molar refractivity (Wildman–Crippen MR) is 91.4 cm³/mol. The van der Waals surface area contributed by atoms with Crippen LogP contribution in [0.5, 0.6) is 0 Å². The first-order valence-electron chi connectivity index (χ1n) is 7.19. The maximum absolute atomic E-state index is 11.5. The molecule has 0 aliphatic carbocycles. The molecule has 1 aromatic heterocycles. The molecule has 0 fully saturated rings. The third-order valence-electron chi connectivity index (χ3n) is 2.88. The van der Waals surface area contributed by atoms with Crippen molar-refractivity contribution >= 4 is 39.0 Å². The lowest BCUT2D eigenvalue weighted by atomic mass is 10.2. The van der Waals surface area contributed by atoms with Gasteiger partial charge in [0.1, 0.15) is 11.1 Å². The standard InChI is InChI=1S/C15H22N4O2S/c1-15(2,3)21-14(20)18-8-4-7-17-10-5-6-11-13(12(10)16)19-9-22-11/h5-6,9,17H,4,7-8,16H2,1-3H3,(H,18,20). The Morgan fingerprint density at radius 2 is 2.14 bits per heavy atom. The normalized spacial score (nSPS) is 11.4. The summed E-state index contributed by atoms with van der Waals surface area (Å²) in [5.41, 5.74) is 9.77. The highest BCUT2D eigenvalue weighted by Gasteiger charge is 2.15. The van der Waals surface area contributed by atoms with Crippen molar-refractivity contribution in [2.75, 3.05) is 24.1 Å². The number of nitrogens with one attached hydrogen (secondary N) is 2. The molecule has 120 valence electrons. The summed E-state index contributed by atoms with van der Waals surface area (Å²) in [6.07, 6.45) is 0.379. The van der Waals surface area contributed by atoms with Gasteiger partial charge in [-0.25, -0.2) is 9.78 Å². The molecule has 2 aromatic rings. The largest absolute Gasteiger partial charge is 0.444 e. The Morgan fingerprint density at radius 3 is 2.86 bits per heavy atom. The number of anilines is 2. The number of nitrogen functional groups attached to an aromatic ring is 1. The van der Waals surface area contributed by atoms with E-state index in [4.69, 9.17) is 10.5 Å². The van der Waals surface area contributed by atoms with E-state index in [2.05, 4.69) is 15.6 Å². The lowest BCUT2D eigenvalue weighted by Crippen LogP contribution is -2.33. The number of nitrogens with zero attached hydrogens (tertiary/aromatic N) is 1. The number of thiazole rings is 1. The van der Waals surface area contributed by atoms with Gasteiger partial charge in [-0.1, -0.05) is 0 Å². The van der Waals surface area contributed by atoms with Crippen LogP contribution in [-0.2, 0) is 4.74 Å². The summed E-state index contributed by atoms with van der Waals surface area (Å²) < 4.78 is 6.24. The van der Waals surface area contributed by atoms with E-state index in [0.717, 1.165) is 22.3 Å². The highest BCUT2D eigenvalue weighted by Crippen LogP contribution is 2.29. The second kappa shape index (κ2) is 6.83. The van der Waals surface area contributed by atoms with Crippen molar-refractivity contribution in [2.24, 2.45) is 0 Å². The fourth-order valence-electron chi connectivity index (χ4n) is 1.92. The third kappa shape index (κ3) is 4.49. The molecule has 0 saturated heterocycles. The maximum Gasteiger partial charge on any atom is 0.407 e. The minimum absolute atomic E-state index is 0.393. The zero-order chi connectivity index (χ0) is 16.2. The quantitative estimate of drug-likeness (QED) is 0.581. The molecular weight excluding hydrogens is 300 g/mol. The van der Waals surface area contributed by atoms with Gasteiger partial charge in [0.15, 0.2) is 0 Å². The second-order valence-electron chi connectivity index (χ2n) is 5.93. The van der Waals surface area contributed by atoms with Crippen LogP contribution >= 0.6 is 11.3 Å². The van der Waals surface area contributed by atoms with Crippen molar-refractivity contribution in [3.05, 3.63) is 17.6 Å². The van der Waals surface area contributed by atoms with Gasteiger partial charge in [-0.05, 0) is 39.3 Å². The molecule has 0 atom stereocenters. The maximum atomic E-state index is 11.5. The molecule has 1 amide bonds. The smallest absolute Gasteiger partial charge is 0.407 e. The summed E-state index contributed by atoms with van der Waals surface area (Å²) in [4.78, 5) is 15.7. The van der Waals surface area contributed by atoms with Crippen LogP contribution in [0.4, 0.5) is 16.2 Å². The van der Waals surface area contributed by atoms with Gasteiger partial charge in [0.05, 0.1) is 21.6 Å². The molecule has 0 radical (unpaired) electrons. The first-order chi connectivity index (χ1) is 10.4. The lowest BCUT2D eigenvalue weighted by molar-refractivity contribution is 0.0528. The van der Waals surface area contributed by atoms with Crippen molar-refractivity contribution in [3.63, 3.8) is 0 Å². The van der Waals surface area contributed by atoms with Crippen molar-refractivity contribution in [3.8, 4) is 0 Å². The summed E-state index contributed by atoms with van der Waals surface area (Å²) in [7, 11) is 0. The van der Waals surface area contributed by atoms with Crippen molar-refractivity contribution in [2.45, 2.75) is 32.8 Å².